The number of hydrogen-bond acceptors (Lipinski definition) is 8. The van der Waals surface area contributed by atoms with Crippen LogP contribution in [-0.4, -0.2) is 80.8 Å². The maximum atomic E-state index is 13.8. The summed E-state index contributed by atoms with van der Waals surface area (Å²) in [5, 5.41) is 16.9. The van der Waals surface area contributed by atoms with Gasteiger partial charge in [-0.3, -0.25) is 9.89 Å². The summed E-state index contributed by atoms with van der Waals surface area (Å²) < 4.78 is 60.7. The molecule has 1 amide bonds. The molecule has 3 aliphatic heterocycles. The number of hydrogen-bond donors (Lipinski definition) is 4. The first-order valence-electron chi connectivity index (χ1n) is 14.1. The lowest BCUT2D eigenvalue weighted by atomic mass is 10.1. The van der Waals surface area contributed by atoms with E-state index in [0.29, 0.717) is 48.2 Å². The van der Waals surface area contributed by atoms with Gasteiger partial charge in [0.05, 0.1) is 10.5 Å². The highest BCUT2D eigenvalue weighted by Gasteiger charge is 2.32. The van der Waals surface area contributed by atoms with Gasteiger partial charge in [-0.25, -0.2) is 17.2 Å². The first-order chi connectivity index (χ1) is 20.3. The summed E-state index contributed by atoms with van der Waals surface area (Å²) in [5.74, 6) is -2.13. The molecule has 0 aliphatic carbocycles. The molecule has 0 atom stereocenters. The normalized spacial score (nSPS) is 18.5. The predicted molar refractivity (Wildman–Crippen MR) is 153 cm³/mol. The van der Waals surface area contributed by atoms with E-state index in [-0.39, 0.29) is 24.9 Å². The van der Waals surface area contributed by atoms with Crippen LogP contribution in [0.3, 0.4) is 0 Å². The van der Waals surface area contributed by atoms with Gasteiger partial charge >= 0.3 is 0 Å². The Bertz CT molecular complexity index is 1550. The van der Waals surface area contributed by atoms with Gasteiger partial charge in [-0.05, 0) is 43.2 Å². The number of carbonyl (C=O) groups is 1. The van der Waals surface area contributed by atoms with Gasteiger partial charge in [0.15, 0.2) is 5.82 Å². The van der Waals surface area contributed by atoms with Crippen LogP contribution in [0.2, 0.25) is 0 Å². The van der Waals surface area contributed by atoms with E-state index in [9.17, 15) is 22.0 Å². The van der Waals surface area contributed by atoms with E-state index < -0.39 is 32.5 Å². The Balaban J connectivity index is 1.24. The van der Waals surface area contributed by atoms with Gasteiger partial charge in [-0.15, -0.1) is 0 Å². The molecule has 224 valence electrons. The number of anilines is 3. The summed E-state index contributed by atoms with van der Waals surface area (Å²) >= 11 is 0. The van der Waals surface area contributed by atoms with Crippen molar-refractivity contribution >= 4 is 33.1 Å². The number of amides is 1. The van der Waals surface area contributed by atoms with Crippen molar-refractivity contribution in [2.45, 2.75) is 36.7 Å². The van der Waals surface area contributed by atoms with Crippen molar-refractivity contribution in [3.05, 3.63) is 64.9 Å². The molecule has 2 aromatic carbocycles. The molecular weight excluding hydrogens is 568 g/mol. The van der Waals surface area contributed by atoms with E-state index >= 15 is 0 Å². The number of sulfonamides is 1. The van der Waals surface area contributed by atoms with Crippen LogP contribution in [0.1, 0.15) is 34.5 Å². The number of piperazine rings is 1. The lowest BCUT2D eigenvalue weighted by molar-refractivity contribution is 0.0904. The number of aromatic nitrogens is 2. The zero-order chi connectivity index (χ0) is 29.3. The van der Waals surface area contributed by atoms with Crippen LogP contribution in [0, 0.1) is 11.6 Å². The van der Waals surface area contributed by atoms with E-state index in [1.807, 2.05) is 12.1 Å². The second-order valence-electron chi connectivity index (χ2n) is 10.7. The minimum absolute atomic E-state index is 0.0930. The van der Waals surface area contributed by atoms with Crippen LogP contribution in [0.15, 0.2) is 41.3 Å². The summed E-state index contributed by atoms with van der Waals surface area (Å²) in [5.41, 5.74) is 3.36. The molecule has 0 bridgehead atoms. The van der Waals surface area contributed by atoms with Crippen LogP contribution >= 0.6 is 0 Å². The Labute approximate surface area is 242 Å². The topological polar surface area (TPSA) is 132 Å². The molecule has 4 N–H and O–H groups in total. The van der Waals surface area contributed by atoms with Crippen molar-refractivity contribution in [3.8, 4) is 0 Å². The predicted octanol–water partition coefficient (Wildman–Crippen LogP) is 2.69. The first-order valence-corrected chi connectivity index (χ1v) is 15.5. The van der Waals surface area contributed by atoms with E-state index in [1.54, 1.807) is 6.07 Å². The van der Waals surface area contributed by atoms with E-state index in [0.717, 1.165) is 61.1 Å². The molecule has 6 rings (SSSR count). The maximum absolute atomic E-state index is 13.8. The molecule has 3 aromatic rings. The fourth-order valence-electron chi connectivity index (χ4n) is 5.61. The molecule has 0 unspecified atom stereocenters. The summed E-state index contributed by atoms with van der Waals surface area (Å²) in [6, 6.07) is 8.10. The van der Waals surface area contributed by atoms with E-state index in [4.69, 9.17) is 4.74 Å². The fourth-order valence-corrected chi connectivity index (χ4v) is 7.06. The quantitative estimate of drug-likeness (QED) is 0.325. The number of carbonyl (C=O) groups excluding carboxylic acids is 1. The molecule has 0 spiro atoms. The van der Waals surface area contributed by atoms with Crippen LogP contribution < -0.4 is 20.9 Å². The number of benzene rings is 2. The summed E-state index contributed by atoms with van der Waals surface area (Å²) in [4.78, 5) is 15.5. The number of aromatic amines is 1. The lowest BCUT2D eigenvalue weighted by Gasteiger charge is -2.31. The third-order valence-electron chi connectivity index (χ3n) is 7.92. The fraction of sp³-hybridized carbons (Fsp3) is 0.429. The van der Waals surface area contributed by atoms with Crippen molar-refractivity contribution < 1.29 is 26.7 Å². The molecule has 11 nitrogen and oxygen atoms in total. The molecule has 42 heavy (non-hydrogen) atoms. The number of halogens is 2. The molecule has 4 heterocycles. The average Bonchev–Trinajstić information content (AvgIpc) is 3.39. The summed E-state index contributed by atoms with van der Waals surface area (Å²) in [7, 11) is -4.19. The average molecular weight is 602 g/mol. The molecule has 3 aliphatic rings. The SMILES string of the molecule is O=C(Nc1n[nH]c2c1CN(S(=O)(=O)c1cc(F)cc(F)c1)CC2)c1ccc(N2CCNCC2)cc1NC1CCOCC1. The van der Waals surface area contributed by atoms with Crippen molar-refractivity contribution in [2.75, 3.05) is 61.5 Å². The Morgan fingerprint density at radius 2 is 1.76 bits per heavy atom. The number of fused-ring (bicyclic) bond motifs is 1. The van der Waals surface area contributed by atoms with Crippen LogP contribution in [-0.2, 0) is 27.7 Å². The van der Waals surface area contributed by atoms with Crippen LogP contribution in [0.4, 0.5) is 26.0 Å². The van der Waals surface area contributed by atoms with Crippen molar-refractivity contribution in [1.82, 2.24) is 19.8 Å². The maximum Gasteiger partial charge on any atom is 0.258 e. The number of rotatable bonds is 7. The van der Waals surface area contributed by atoms with E-state index in [1.165, 1.54) is 0 Å². The van der Waals surface area contributed by atoms with Gasteiger partial charge in [-0.2, -0.15) is 9.40 Å². The van der Waals surface area contributed by atoms with Gasteiger partial charge in [-0.1, -0.05) is 0 Å². The molecule has 14 heteroatoms. The van der Waals surface area contributed by atoms with E-state index in [2.05, 4.69) is 31.0 Å². The minimum Gasteiger partial charge on any atom is -0.381 e. The third-order valence-corrected chi connectivity index (χ3v) is 9.74. The highest BCUT2D eigenvalue weighted by molar-refractivity contribution is 7.89. The Hall–Kier alpha value is -3.59. The minimum atomic E-state index is -4.19. The van der Waals surface area contributed by atoms with Gasteiger partial charge in [0.25, 0.3) is 5.91 Å². The monoisotopic (exact) mass is 601 g/mol. The molecule has 0 radical (unpaired) electrons. The van der Waals surface area contributed by atoms with Gasteiger partial charge in [0.2, 0.25) is 10.0 Å². The van der Waals surface area contributed by atoms with Crippen molar-refractivity contribution in [1.29, 1.82) is 0 Å². The zero-order valence-electron chi connectivity index (χ0n) is 23.0. The highest BCUT2D eigenvalue weighted by atomic mass is 32.2. The largest absolute Gasteiger partial charge is 0.381 e. The molecule has 0 saturated carbocycles. The second-order valence-corrected chi connectivity index (χ2v) is 12.6. The Morgan fingerprint density at radius 3 is 2.50 bits per heavy atom. The molecule has 1 aromatic heterocycles. The highest BCUT2D eigenvalue weighted by Crippen LogP contribution is 2.31. The third kappa shape index (κ3) is 5.98. The number of ether oxygens (including phenoxy) is 1. The number of H-pyrrole nitrogens is 1. The van der Waals surface area contributed by atoms with Crippen molar-refractivity contribution in [3.63, 3.8) is 0 Å². The second kappa shape index (κ2) is 12.0. The van der Waals surface area contributed by atoms with Crippen molar-refractivity contribution in [2.24, 2.45) is 0 Å². The van der Waals surface area contributed by atoms with Crippen LogP contribution in [0.25, 0.3) is 0 Å². The summed E-state index contributed by atoms with van der Waals surface area (Å²) in [6.07, 6.45) is 1.95. The van der Waals surface area contributed by atoms with Gasteiger partial charge in [0.1, 0.15) is 11.6 Å². The smallest absolute Gasteiger partial charge is 0.258 e. The number of nitrogens with zero attached hydrogens (tertiary/aromatic N) is 3. The summed E-state index contributed by atoms with van der Waals surface area (Å²) in [6.45, 7) is 4.78. The Morgan fingerprint density at radius 1 is 1.02 bits per heavy atom. The lowest BCUT2D eigenvalue weighted by Crippen LogP contribution is -2.43. The number of nitrogens with one attached hydrogen (secondary N) is 4. The van der Waals surface area contributed by atoms with Crippen LogP contribution in [0.5, 0.6) is 0 Å². The first kappa shape index (κ1) is 28.5. The van der Waals surface area contributed by atoms with Gasteiger partial charge < -0.3 is 25.6 Å². The van der Waals surface area contributed by atoms with Gasteiger partial charge in [0, 0.05) is 93.6 Å². The molecule has 2 saturated heterocycles. The zero-order valence-corrected chi connectivity index (χ0v) is 23.8. The molecule has 2 fully saturated rings. The molecular formula is C28H33F2N7O4S. The Kier molecular flexibility index (Phi) is 8.12. The standard InChI is InChI=1S/C28H33F2N7O4S/c29-18-13-19(30)15-22(14-18)42(39,40)37-8-3-25-24(17-37)27(35-34-25)33-28(38)23-2-1-21(36-9-6-31-7-10-36)16-26(23)32-20-4-11-41-12-5-20/h1-2,13-16,20,31-32H,3-12,17H2,(H2,33,34,35,38).